The number of aliphatic hydroxyl groups excluding tert-OH is 1. The van der Waals surface area contributed by atoms with Crippen LogP contribution in [0.1, 0.15) is 36.5 Å². The Morgan fingerprint density at radius 2 is 2.12 bits per heavy atom. The molecule has 0 spiro atoms. The van der Waals surface area contributed by atoms with E-state index in [-0.39, 0.29) is 18.5 Å². The number of esters is 1. The van der Waals surface area contributed by atoms with Crippen molar-refractivity contribution in [2.45, 2.75) is 46.6 Å². The summed E-state index contributed by atoms with van der Waals surface area (Å²) in [4.78, 5) is 14.0. The van der Waals surface area contributed by atoms with Gasteiger partial charge in [0.15, 0.2) is 0 Å². The second kappa shape index (κ2) is 9.20. The van der Waals surface area contributed by atoms with E-state index in [9.17, 15) is 9.90 Å². The topological polar surface area (TPSA) is 59.0 Å². The molecule has 1 fully saturated rings. The van der Waals surface area contributed by atoms with E-state index in [4.69, 9.17) is 9.47 Å². The van der Waals surface area contributed by atoms with Gasteiger partial charge in [-0.1, -0.05) is 6.07 Å². The lowest BCUT2D eigenvalue weighted by atomic mass is 9.98. The average Bonchev–Trinajstić information content (AvgIpc) is 2.57. The third kappa shape index (κ3) is 5.72. The zero-order valence-corrected chi connectivity index (χ0v) is 15.9. The maximum atomic E-state index is 11.9. The summed E-state index contributed by atoms with van der Waals surface area (Å²) in [6, 6.07) is 4.13. The van der Waals surface area contributed by atoms with Crippen molar-refractivity contribution in [3.05, 3.63) is 28.8 Å². The molecular formula is C20H31NO4. The highest BCUT2D eigenvalue weighted by Gasteiger charge is 2.27. The number of hydrogen-bond acceptors (Lipinski definition) is 5. The Bertz CT molecular complexity index is 587. The van der Waals surface area contributed by atoms with Crippen LogP contribution in [0.15, 0.2) is 12.1 Å². The molecule has 1 aromatic carbocycles. The Morgan fingerprint density at radius 3 is 2.84 bits per heavy atom. The van der Waals surface area contributed by atoms with Crippen molar-refractivity contribution in [2.24, 2.45) is 5.92 Å². The van der Waals surface area contributed by atoms with Crippen molar-refractivity contribution >= 4 is 5.97 Å². The molecule has 0 bridgehead atoms. The van der Waals surface area contributed by atoms with Crippen LogP contribution in [-0.2, 0) is 9.53 Å². The van der Waals surface area contributed by atoms with Gasteiger partial charge in [0.25, 0.3) is 0 Å². The zero-order chi connectivity index (χ0) is 18.4. The van der Waals surface area contributed by atoms with Crippen LogP contribution in [0.25, 0.3) is 0 Å². The van der Waals surface area contributed by atoms with E-state index in [1.54, 1.807) is 0 Å². The minimum atomic E-state index is -0.582. The fraction of sp³-hybridized carbons (Fsp3) is 0.650. The minimum Gasteiger partial charge on any atom is -0.491 e. The lowest BCUT2D eigenvalue weighted by Crippen LogP contribution is -2.44. The summed E-state index contributed by atoms with van der Waals surface area (Å²) in [5.74, 6) is 0.631. The first kappa shape index (κ1) is 19.7. The number of benzene rings is 1. The number of aryl methyl sites for hydroxylation is 2. The zero-order valence-electron chi connectivity index (χ0n) is 15.9. The van der Waals surface area contributed by atoms with E-state index in [2.05, 4.69) is 17.9 Å². The van der Waals surface area contributed by atoms with Gasteiger partial charge in [0, 0.05) is 13.1 Å². The van der Waals surface area contributed by atoms with Gasteiger partial charge in [0.1, 0.15) is 18.5 Å². The van der Waals surface area contributed by atoms with Crippen molar-refractivity contribution < 1.29 is 19.4 Å². The van der Waals surface area contributed by atoms with Crippen LogP contribution in [0.3, 0.4) is 0 Å². The quantitative estimate of drug-likeness (QED) is 0.767. The minimum absolute atomic E-state index is 0.0801. The monoisotopic (exact) mass is 349 g/mol. The predicted molar refractivity (Wildman–Crippen MR) is 98.0 cm³/mol. The van der Waals surface area contributed by atoms with Gasteiger partial charge >= 0.3 is 5.97 Å². The van der Waals surface area contributed by atoms with Crippen LogP contribution in [0.5, 0.6) is 5.75 Å². The predicted octanol–water partition coefficient (Wildman–Crippen LogP) is 2.63. The fourth-order valence-corrected chi connectivity index (χ4v) is 3.36. The summed E-state index contributed by atoms with van der Waals surface area (Å²) in [5.41, 5.74) is 3.46. The molecule has 1 aliphatic rings. The Hall–Kier alpha value is -1.59. The number of carbonyl (C=O) groups excluding carboxylic acids is 1. The Kier molecular flexibility index (Phi) is 7.26. The summed E-state index contributed by atoms with van der Waals surface area (Å²) in [5, 5.41) is 10.3. The average molecular weight is 349 g/mol. The standard InChI is InChI=1S/C20H31NO4/c1-5-24-20(23)17-7-6-8-21(11-17)12-18(22)13-25-19-10-14(2)9-15(3)16(19)4/h9-10,17-18,22H,5-8,11-13H2,1-4H3/t17-,18-/m0/s1. The smallest absolute Gasteiger partial charge is 0.310 e. The number of piperidine rings is 1. The van der Waals surface area contributed by atoms with Gasteiger partial charge in [0.2, 0.25) is 0 Å². The third-order valence-corrected chi connectivity index (χ3v) is 4.79. The van der Waals surface area contributed by atoms with Crippen molar-refractivity contribution in [3.8, 4) is 5.75 Å². The van der Waals surface area contributed by atoms with Gasteiger partial charge in [0.05, 0.1) is 12.5 Å². The van der Waals surface area contributed by atoms with E-state index in [1.807, 2.05) is 26.8 Å². The molecule has 0 aromatic heterocycles. The Morgan fingerprint density at radius 1 is 1.36 bits per heavy atom. The number of β-amino-alcohol motifs (C(OH)–C–C–N with tert-alkyl or cyclic N) is 1. The summed E-state index contributed by atoms with van der Waals surface area (Å²) in [6.45, 7) is 10.7. The maximum absolute atomic E-state index is 11.9. The molecule has 2 rings (SSSR count). The lowest BCUT2D eigenvalue weighted by Gasteiger charge is -2.32. The van der Waals surface area contributed by atoms with Crippen LogP contribution in [0.4, 0.5) is 0 Å². The number of aliphatic hydroxyl groups is 1. The van der Waals surface area contributed by atoms with Gasteiger partial charge in [-0.05, 0) is 69.8 Å². The normalized spacial score (nSPS) is 19.5. The summed E-state index contributed by atoms with van der Waals surface area (Å²) >= 11 is 0. The molecule has 0 unspecified atom stereocenters. The number of hydrogen-bond donors (Lipinski definition) is 1. The van der Waals surface area contributed by atoms with Crippen LogP contribution in [-0.4, -0.2) is 54.9 Å². The molecule has 1 aromatic rings. The second-order valence-corrected chi connectivity index (χ2v) is 7.02. The van der Waals surface area contributed by atoms with E-state index < -0.39 is 6.10 Å². The third-order valence-electron chi connectivity index (χ3n) is 4.79. The van der Waals surface area contributed by atoms with E-state index >= 15 is 0 Å². The Labute approximate surface area is 150 Å². The highest BCUT2D eigenvalue weighted by molar-refractivity contribution is 5.72. The molecular weight excluding hydrogens is 318 g/mol. The largest absolute Gasteiger partial charge is 0.491 e. The molecule has 1 heterocycles. The van der Waals surface area contributed by atoms with Gasteiger partial charge < -0.3 is 14.6 Å². The molecule has 5 nitrogen and oxygen atoms in total. The highest BCUT2D eigenvalue weighted by atomic mass is 16.5. The number of rotatable bonds is 7. The molecule has 2 atom stereocenters. The summed E-state index contributed by atoms with van der Waals surface area (Å²) in [6.07, 6.45) is 1.23. The first-order valence-corrected chi connectivity index (χ1v) is 9.18. The van der Waals surface area contributed by atoms with Crippen molar-refractivity contribution in [1.82, 2.24) is 4.90 Å². The molecule has 25 heavy (non-hydrogen) atoms. The first-order chi connectivity index (χ1) is 11.9. The van der Waals surface area contributed by atoms with Crippen LogP contribution >= 0.6 is 0 Å². The number of ether oxygens (including phenoxy) is 2. The van der Waals surface area contributed by atoms with Gasteiger partial charge in [-0.2, -0.15) is 0 Å². The van der Waals surface area contributed by atoms with Gasteiger partial charge in [-0.25, -0.2) is 0 Å². The van der Waals surface area contributed by atoms with Crippen LogP contribution in [0.2, 0.25) is 0 Å². The number of likely N-dealkylation sites (tertiary alicyclic amines) is 1. The van der Waals surface area contributed by atoms with Crippen molar-refractivity contribution in [2.75, 3.05) is 32.8 Å². The molecule has 0 amide bonds. The molecule has 1 saturated heterocycles. The van der Waals surface area contributed by atoms with Crippen LogP contribution < -0.4 is 4.74 Å². The summed E-state index contributed by atoms with van der Waals surface area (Å²) < 4.78 is 11.0. The van der Waals surface area contributed by atoms with Gasteiger partial charge in [-0.3, -0.25) is 9.69 Å². The molecule has 1 N–H and O–H groups in total. The second-order valence-electron chi connectivity index (χ2n) is 7.02. The molecule has 0 radical (unpaired) electrons. The Balaban J connectivity index is 1.84. The van der Waals surface area contributed by atoms with Crippen LogP contribution in [0, 0.1) is 26.7 Å². The lowest BCUT2D eigenvalue weighted by molar-refractivity contribution is -0.150. The fourth-order valence-electron chi connectivity index (χ4n) is 3.36. The number of carbonyl (C=O) groups is 1. The number of nitrogens with zero attached hydrogens (tertiary/aromatic N) is 1. The van der Waals surface area contributed by atoms with Gasteiger partial charge in [-0.15, -0.1) is 0 Å². The van der Waals surface area contributed by atoms with E-state index in [1.165, 1.54) is 5.56 Å². The molecule has 1 aliphatic heterocycles. The highest BCUT2D eigenvalue weighted by Crippen LogP contribution is 2.23. The molecule has 0 aliphatic carbocycles. The van der Waals surface area contributed by atoms with E-state index in [0.717, 1.165) is 36.3 Å². The molecule has 5 heteroatoms. The van der Waals surface area contributed by atoms with E-state index in [0.29, 0.717) is 19.7 Å². The molecule has 0 saturated carbocycles. The van der Waals surface area contributed by atoms with Crippen molar-refractivity contribution in [1.29, 1.82) is 0 Å². The van der Waals surface area contributed by atoms with Crippen molar-refractivity contribution in [3.63, 3.8) is 0 Å². The summed E-state index contributed by atoms with van der Waals surface area (Å²) in [7, 11) is 0. The SMILES string of the molecule is CCOC(=O)[C@H]1CCCN(C[C@H](O)COc2cc(C)cc(C)c2C)C1. The first-order valence-electron chi connectivity index (χ1n) is 9.18. The maximum Gasteiger partial charge on any atom is 0.310 e. The molecule has 140 valence electrons.